The number of nitrogens with zero attached hydrogens (tertiary/aromatic N) is 2. The number of pyridine rings is 1. The molecule has 1 amide bonds. The average molecular weight is 384 g/mol. The van der Waals surface area contributed by atoms with Crippen LogP contribution in [0.4, 0.5) is 5.82 Å². The molecule has 4 aromatic rings. The van der Waals surface area contributed by atoms with Gasteiger partial charge in [-0.25, -0.2) is 4.98 Å². The number of phenolic OH excluding ortho intramolecular Hbond substituents is 1. The summed E-state index contributed by atoms with van der Waals surface area (Å²) in [5, 5.41) is 10.4. The zero-order valence-corrected chi connectivity index (χ0v) is 15.5. The highest BCUT2D eigenvalue weighted by Crippen LogP contribution is 2.41. The molecule has 3 heterocycles. The number of benzene rings is 2. The van der Waals surface area contributed by atoms with Crippen LogP contribution in [0.15, 0.2) is 75.9 Å². The van der Waals surface area contributed by atoms with Gasteiger partial charge in [-0.3, -0.25) is 14.5 Å². The molecule has 0 aliphatic carbocycles. The summed E-state index contributed by atoms with van der Waals surface area (Å²) in [5.41, 5.74) is 1.69. The lowest BCUT2D eigenvalue weighted by Crippen LogP contribution is -2.30. The quantitative estimate of drug-likeness (QED) is 0.566. The number of aromatic nitrogens is 1. The molecular formula is C23H16N2O4. The van der Waals surface area contributed by atoms with E-state index >= 15 is 0 Å². The zero-order valence-electron chi connectivity index (χ0n) is 15.5. The Morgan fingerprint density at radius 3 is 2.59 bits per heavy atom. The molecule has 0 fully saturated rings. The average Bonchev–Trinajstić information content (AvgIpc) is 3.01. The summed E-state index contributed by atoms with van der Waals surface area (Å²) >= 11 is 0. The maximum absolute atomic E-state index is 13.4. The number of amides is 1. The van der Waals surface area contributed by atoms with E-state index in [0.29, 0.717) is 22.4 Å². The number of rotatable bonds is 2. The van der Waals surface area contributed by atoms with Crippen molar-refractivity contribution in [2.24, 2.45) is 0 Å². The Morgan fingerprint density at radius 2 is 1.79 bits per heavy atom. The lowest BCUT2D eigenvalue weighted by Gasteiger charge is -2.24. The smallest absolute Gasteiger partial charge is 0.296 e. The fourth-order valence-electron chi connectivity index (χ4n) is 3.83. The van der Waals surface area contributed by atoms with Crippen molar-refractivity contribution in [1.29, 1.82) is 0 Å². The largest absolute Gasteiger partial charge is 0.508 e. The van der Waals surface area contributed by atoms with Crippen LogP contribution in [0.5, 0.6) is 5.75 Å². The lowest BCUT2D eigenvalue weighted by atomic mass is 9.98. The second-order valence-corrected chi connectivity index (χ2v) is 6.98. The Kier molecular flexibility index (Phi) is 3.74. The molecule has 142 valence electrons. The molecular weight excluding hydrogens is 368 g/mol. The van der Waals surface area contributed by atoms with Gasteiger partial charge in [-0.2, -0.15) is 0 Å². The van der Waals surface area contributed by atoms with Crippen LogP contribution in [0.3, 0.4) is 0 Å². The number of hydrogen-bond acceptors (Lipinski definition) is 5. The first-order chi connectivity index (χ1) is 14.0. The molecule has 1 N–H and O–H groups in total. The summed E-state index contributed by atoms with van der Waals surface area (Å²) in [5.74, 6) is 0.0311. The molecule has 1 aliphatic rings. The van der Waals surface area contributed by atoms with E-state index in [1.165, 1.54) is 4.90 Å². The van der Waals surface area contributed by atoms with Gasteiger partial charge in [0, 0.05) is 5.69 Å². The summed E-state index contributed by atoms with van der Waals surface area (Å²) in [6.07, 6.45) is 0. The topological polar surface area (TPSA) is 83.6 Å². The van der Waals surface area contributed by atoms with Crippen molar-refractivity contribution in [3.05, 3.63) is 99.5 Å². The molecule has 0 bridgehead atoms. The van der Waals surface area contributed by atoms with E-state index in [2.05, 4.69) is 4.98 Å². The molecule has 0 unspecified atom stereocenters. The fraction of sp³-hybridized carbons (Fsp3) is 0.0870. The third-order valence-corrected chi connectivity index (χ3v) is 5.08. The van der Waals surface area contributed by atoms with Gasteiger partial charge >= 0.3 is 0 Å². The van der Waals surface area contributed by atoms with Crippen molar-refractivity contribution < 1.29 is 14.3 Å². The third-order valence-electron chi connectivity index (χ3n) is 5.08. The fourth-order valence-corrected chi connectivity index (χ4v) is 3.83. The van der Waals surface area contributed by atoms with Crippen LogP contribution in [0.2, 0.25) is 0 Å². The standard InChI is InChI=1S/C23H16N2O4/c1-13-6-4-11-18(24-13)25-20(14-7-5-8-15(26)12-14)19-21(27)16-9-2-3-10-17(16)29-22(19)23(25)28/h2-12,20,26H,1H3/t20-/m1/s1. The first-order valence-electron chi connectivity index (χ1n) is 9.16. The van der Waals surface area contributed by atoms with Crippen LogP contribution in [0.25, 0.3) is 11.0 Å². The van der Waals surface area contributed by atoms with E-state index in [9.17, 15) is 14.7 Å². The van der Waals surface area contributed by atoms with Crippen molar-refractivity contribution in [3.8, 4) is 5.75 Å². The highest BCUT2D eigenvalue weighted by atomic mass is 16.3. The van der Waals surface area contributed by atoms with Crippen molar-refractivity contribution in [2.75, 3.05) is 4.90 Å². The van der Waals surface area contributed by atoms with E-state index in [4.69, 9.17) is 4.42 Å². The minimum Gasteiger partial charge on any atom is -0.508 e. The van der Waals surface area contributed by atoms with Crippen molar-refractivity contribution in [3.63, 3.8) is 0 Å². The van der Waals surface area contributed by atoms with Crippen LogP contribution in [0, 0.1) is 6.92 Å². The normalized spacial score (nSPS) is 15.7. The molecule has 29 heavy (non-hydrogen) atoms. The monoisotopic (exact) mass is 384 g/mol. The minimum atomic E-state index is -0.750. The predicted molar refractivity (Wildman–Crippen MR) is 108 cm³/mol. The van der Waals surface area contributed by atoms with E-state index in [1.807, 2.05) is 13.0 Å². The van der Waals surface area contributed by atoms with Crippen molar-refractivity contribution in [2.45, 2.75) is 13.0 Å². The number of para-hydroxylation sites is 1. The van der Waals surface area contributed by atoms with Gasteiger partial charge in [0.05, 0.1) is 17.0 Å². The van der Waals surface area contributed by atoms with Gasteiger partial charge in [-0.1, -0.05) is 30.3 Å². The van der Waals surface area contributed by atoms with Crippen LogP contribution >= 0.6 is 0 Å². The molecule has 2 aromatic carbocycles. The van der Waals surface area contributed by atoms with Crippen molar-refractivity contribution >= 4 is 22.7 Å². The molecule has 5 rings (SSSR count). The molecule has 0 radical (unpaired) electrons. The van der Waals surface area contributed by atoms with Crippen LogP contribution in [-0.2, 0) is 0 Å². The Balaban J connectivity index is 1.84. The number of carbonyl (C=O) groups excluding carboxylic acids is 1. The summed E-state index contributed by atoms with van der Waals surface area (Å²) in [6.45, 7) is 1.83. The molecule has 6 heteroatoms. The maximum atomic E-state index is 13.4. The molecule has 0 saturated carbocycles. The van der Waals surface area contributed by atoms with Gasteiger partial charge < -0.3 is 9.52 Å². The van der Waals surface area contributed by atoms with Crippen LogP contribution in [-0.4, -0.2) is 16.0 Å². The van der Waals surface area contributed by atoms with Gasteiger partial charge in [-0.15, -0.1) is 0 Å². The second kappa shape index (κ2) is 6.31. The van der Waals surface area contributed by atoms with Gasteiger partial charge in [0.1, 0.15) is 17.2 Å². The SMILES string of the molecule is Cc1cccc(N2C(=O)c3oc4ccccc4c(=O)c3[C@H]2c2cccc(O)c2)n1. The number of fused-ring (bicyclic) bond motifs is 2. The van der Waals surface area contributed by atoms with E-state index in [0.717, 1.165) is 5.69 Å². The Morgan fingerprint density at radius 1 is 1.00 bits per heavy atom. The van der Waals surface area contributed by atoms with Crippen LogP contribution in [0.1, 0.15) is 33.4 Å². The van der Waals surface area contributed by atoms with E-state index in [-0.39, 0.29) is 22.5 Å². The number of aryl methyl sites for hydroxylation is 1. The second-order valence-electron chi connectivity index (χ2n) is 6.98. The number of hydrogen-bond donors (Lipinski definition) is 1. The van der Waals surface area contributed by atoms with E-state index in [1.54, 1.807) is 60.7 Å². The summed E-state index contributed by atoms with van der Waals surface area (Å²) in [7, 11) is 0. The molecule has 0 saturated heterocycles. The minimum absolute atomic E-state index is 0.00495. The van der Waals surface area contributed by atoms with Crippen LogP contribution < -0.4 is 10.3 Å². The highest BCUT2D eigenvalue weighted by Gasteiger charge is 2.44. The number of aromatic hydroxyl groups is 1. The predicted octanol–water partition coefficient (Wildman–Crippen LogP) is 3.95. The Bertz CT molecular complexity index is 1340. The molecule has 6 nitrogen and oxygen atoms in total. The molecule has 1 aliphatic heterocycles. The van der Waals surface area contributed by atoms with Gasteiger partial charge in [0.25, 0.3) is 5.91 Å². The number of anilines is 1. The summed E-state index contributed by atoms with van der Waals surface area (Å²) < 4.78 is 5.88. The van der Waals surface area contributed by atoms with E-state index < -0.39 is 11.9 Å². The molecule has 0 spiro atoms. The highest BCUT2D eigenvalue weighted by molar-refractivity contribution is 6.10. The Hall–Kier alpha value is -3.93. The summed E-state index contributed by atoms with van der Waals surface area (Å²) in [6, 6.07) is 18.0. The van der Waals surface area contributed by atoms with Gasteiger partial charge in [0.2, 0.25) is 5.76 Å². The lowest BCUT2D eigenvalue weighted by molar-refractivity contribution is 0.0970. The summed E-state index contributed by atoms with van der Waals surface area (Å²) in [4.78, 5) is 32.7. The van der Waals surface area contributed by atoms with Crippen molar-refractivity contribution in [1.82, 2.24) is 4.98 Å². The molecule has 1 atom stereocenters. The number of phenols is 1. The number of carbonyl (C=O) groups is 1. The third kappa shape index (κ3) is 2.61. The van der Waals surface area contributed by atoms with Gasteiger partial charge in [0.15, 0.2) is 5.43 Å². The maximum Gasteiger partial charge on any atom is 0.296 e. The Labute approximate surface area is 165 Å². The first-order valence-corrected chi connectivity index (χ1v) is 9.16. The molecule has 2 aromatic heterocycles. The zero-order chi connectivity index (χ0) is 20.1. The van der Waals surface area contributed by atoms with Gasteiger partial charge in [-0.05, 0) is 48.9 Å². The first kappa shape index (κ1) is 17.2.